The average molecular weight is 230 g/mol. The summed E-state index contributed by atoms with van der Waals surface area (Å²) < 4.78 is 0. The molecule has 0 aliphatic carbocycles. The van der Waals surface area contributed by atoms with Crippen LogP contribution in [-0.2, 0) is 0 Å². The minimum absolute atomic E-state index is 0.636. The number of hydrogen-bond donors (Lipinski definition) is 0. The van der Waals surface area contributed by atoms with Crippen molar-refractivity contribution in [2.24, 2.45) is 0 Å². The van der Waals surface area contributed by atoms with Gasteiger partial charge in [0.15, 0.2) is 0 Å². The van der Waals surface area contributed by atoms with Gasteiger partial charge >= 0.3 is 72.0 Å². The fourth-order valence-corrected chi connectivity index (χ4v) is 2.19. The van der Waals surface area contributed by atoms with E-state index in [2.05, 4.69) is 0 Å². The quantitative estimate of drug-likeness (QED) is 0.514. The molecule has 9 heavy (non-hydrogen) atoms. The number of allylic oxidation sites excluding steroid dienone is 2. The van der Waals surface area contributed by atoms with Gasteiger partial charge in [0.25, 0.3) is 0 Å². The average Bonchev–Trinajstić information content (AvgIpc) is 1.89. The van der Waals surface area contributed by atoms with Gasteiger partial charge in [-0.1, -0.05) is 0 Å². The van der Waals surface area contributed by atoms with Crippen molar-refractivity contribution in [3.8, 4) is 0 Å². The summed E-state index contributed by atoms with van der Waals surface area (Å²) in [6.07, 6.45) is 3.92. The van der Waals surface area contributed by atoms with Crippen LogP contribution in [0.15, 0.2) is 23.2 Å². The molecule has 0 heterocycles. The van der Waals surface area contributed by atoms with Crippen LogP contribution in [0, 0.1) is 0 Å². The summed E-state index contributed by atoms with van der Waals surface area (Å²) in [4.78, 5) is 0. The summed E-state index contributed by atoms with van der Waals surface area (Å²) in [6, 6.07) is 0. The van der Waals surface area contributed by atoms with Crippen LogP contribution in [0.3, 0.4) is 0 Å². The maximum absolute atomic E-state index is 5.30. The van der Waals surface area contributed by atoms with Gasteiger partial charge < -0.3 is 0 Å². The van der Waals surface area contributed by atoms with Crippen molar-refractivity contribution in [1.82, 2.24) is 0 Å². The van der Waals surface area contributed by atoms with Crippen LogP contribution < -0.4 is 0 Å². The molecule has 0 atom stereocenters. The van der Waals surface area contributed by atoms with E-state index < -0.39 is 0 Å². The van der Waals surface area contributed by atoms with E-state index in [4.69, 9.17) is 23.2 Å². The van der Waals surface area contributed by atoms with Crippen LogP contribution in [0.5, 0.6) is 0 Å². The van der Waals surface area contributed by atoms with Gasteiger partial charge in [0.1, 0.15) is 0 Å². The number of rotatable bonds is 4. The maximum atomic E-state index is 5.30. The Morgan fingerprint density at radius 1 is 1.00 bits per heavy atom. The molecular weight excluding hydrogens is 222 g/mol. The van der Waals surface area contributed by atoms with Gasteiger partial charge in [-0.15, -0.1) is 0 Å². The van der Waals surface area contributed by atoms with Crippen LogP contribution in [-0.4, -0.2) is 15.0 Å². The van der Waals surface area contributed by atoms with Crippen molar-refractivity contribution in [1.29, 1.82) is 0 Å². The van der Waals surface area contributed by atoms with Gasteiger partial charge in [0, 0.05) is 0 Å². The van der Waals surface area contributed by atoms with E-state index in [1.54, 1.807) is 11.1 Å². The Morgan fingerprint density at radius 3 is 1.78 bits per heavy atom. The van der Waals surface area contributed by atoms with Crippen LogP contribution >= 0.6 is 23.2 Å². The van der Waals surface area contributed by atoms with Gasteiger partial charge in [-0.3, -0.25) is 0 Å². The summed E-state index contributed by atoms with van der Waals surface area (Å²) in [7, 11) is 0. The van der Waals surface area contributed by atoms with E-state index in [0.29, 0.717) is 15.0 Å². The van der Waals surface area contributed by atoms with E-state index in [1.165, 1.54) is 0 Å². The summed E-state index contributed by atoms with van der Waals surface area (Å²) in [6.45, 7) is 0. The molecule has 0 N–H and O–H groups in total. The Kier molecular flexibility index (Phi) is 9.13. The predicted molar refractivity (Wildman–Crippen MR) is 45.4 cm³/mol. The molecule has 0 aliphatic rings. The molecule has 0 aromatic heterocycles. The second-order valence-electron chi connectivity index (χ2n) is 1.26. The van der Waals surface area contributed by atoms with E-state index in [0.717, 1.165) is 10.6 Å². The predicted octanol–water partition coefficient (Wildman–Crippen LogP) is 3.03. The van der Waals surface area contributed by atoms with Crippen LogP contribution in [0.25, 0.3) is 0 Å². The Balaban J connectivity index is 2.91. The molecule has 0 fully saturated rings. The fourth-order valence-electron chi connectivity index (χ4n) is 0.277. The zero-order chi connectivity index (χ0) is 6.95. The molecular formula is C6H8Cl2Se. The first-order chi connectivity index (χ1) is 4.41. The van der Waals surface area contributed by atoms with Crippen LogP contribution in [0.4, 0.5) is 0 Å². The van der Waals surface area contributed by atoms with E-state index in [9.17, 15) is 0 Å². The third kappa shape index (κ3) is 8.58. The first-order valence-electron chi connectivity index (χ1n) is 2.50. The van der Waals surface area contributed by atoms with Gasteiger partial charge in [0.2, 0.25) is 0 Å². The Labute approximate surface area is 72.1 Å². The van der Waals surface area contributed by atoms with Gasteiger partial charge in [-0.2, -0.15) is 0 Å². The fraction of sp³-hybridized carbons (Fsp3) is 0.333. The van der Waals surface area contributed by atoms with Gasteiger partial charge in [0.05, 0.1) is 0 Å². The summed E-state index contributed by atoms with van der Waals surface area (Å²) >= 11 is 11.2. The number of halogens is 2. The molecule has 52 valence electrons. The molecule has 0 aromatic carbocycles. The van der Waals surface area contributed by atoms with Crippen molar-refractivity contribution in [3.05, 3.63) is 23.2 Å². The molecule has 0 saturated heterocycles. The standard InChI is InChI=1S/C6H8Cl2Se/c7-3-1-5-9-6-2-4-8/h1-4H,5-6H2. The Bertz CT molecular complexity index is 87.2. The first kappa shape index (κ1) is 9.58. The Hall–Kier alpha value is 0.579. The van der Waals surface area contributed by atoms with Gasteiger partial charge in [-0.05, 0) is 0 Å². The van der Waals surface area contributed by atoms with Crippen LogP contribution in [0.1, 0.15) is 0 Å². The second kappa shape index (κ2) is 8.58. The minimum atomic E-state index is 0.636. The zero-order valence-electron chi connectivity index (χ0n) is 4.89. The van der Waals surface area contributed by atoms with Crippen molar-refractivity contribution < 1.29 is 0 Å². The van der Waals surface area contributed by atoms with Crippen LogP contribution in [0.2, 0.25) is 10.6 Å². The van der Waals surface area contributed by atoms with E-state index in [1.807, 2.05) is 12.2 Å². The molecule has 0 bridgehead atoms. The topological polar surface area (TPSA) is 0 Å². The molecule has 0 spiro atoms. The molecule has 0 radical (unpaired) electrons. The molecule has 0 amide bonds. The molecule has 0 nitrogen and oxygen atoms in total. The summed E-state index contributed by atoms with van der Waals surface area (Å²) in [5, 5.41) is 2.19. The molecule has 0 aliphatic heterocycles. The molecule has 0 rings (SSSR count). The van der Waals surface area contributed by atoms with Crippen molar-refractivity contribution in [3.63, 3.8) is 0 Å². The zero-order valence-corrected chi connectivity index (χ0v) is 8.11. The molecule has 0 saturated carbocycles. The van der Waals surface area contributed by atoms with Crippen molar-refractivity contribution in [2.75, 3.05) is 0 Å². The van der Waals surface area contributed by atoms with E-state index >= 15 is 0 Å². The second-order valence-corrected chi connectivity index (χ2v) is 4.02. The van der Waals surface area contributed by atoms with Crippen molar-refractivity contribution >= 4 is 38.2 Å². The number of hydrogen-bond acceptors (Lipinski definition) is 0. The molecule has 0 unspecified atom stereocenters. The third-order valence-electron chi connectivity index (χ3n) is 0.606. The monoisotopic (exact) mass is 230 g/mol. The van der Waals surface area contributed by atoms with Crippen molar-refractivity contribution in [2.45, 2.75) is 10.6 Å². The third-order valence-corrected chi connectivity index (χ3v) is 2.76. The normalized spacial score (nSPS) is 11.8. The molecule has 0 aromatic rings. The van der Waals surface area contributed by atoms with E-state index in [-0.39, 0.29) is 0 Å². The first-order valence-corrected chi connectivity index (χ1v) is 5.79. The Morgan fingerprint density at radius 2 is 1.44 bits per heavy atom. The summed E-state index contributed by atoms with van der Waals surface area (Å²) in [5.74, 6) is 0. The summed E-state index contributed by atoms with van der Waals surface area (Å²) in [5.41, 5.74) is 3.12. The molecule has 3 heteroatoms. The van der Waals surface area contributed by atoms with Gasteiger partial charge in [-0.25, -0.2) is 0 Å². The SMILES string of the molecule is ClC=CC[Se]CC=CCl.